The van der Waals surface area contributed by atoms with Gasteiger partial charge in [0.25, 0.3) is 0 Å². The van der Waals surface area contributed by atoms with Crippen LogP contribution in [-0.2, 0) is 13.1 Å². The lowest BCUT2D eigenvalue weighted by Crippen LogP contribution is -2.02. The van der Waals surface area contributed by atoms with Crippen molar-refractivity contribution < 1.29 is 0 Å². The first kappa shape index (κ1) is 17.2. The molecule has 4 nitrogen and oxygen atoms in total. The quantitative estimate of drug-likeness (QED) is 0.565. The maximum Gasteiger partial charge on any atom is 0.160 e. The van der Waals surface area contributed by atoms with E-state index in [1.165, 1.54) is 5.56 Å². The van der Waals surface area contributed by atoms with Gasteiger partial charge in [-0.15, -0.1) is 12.4 Å². The monoisotopic (exact) mass is 352 g/mol. The molecule has 0 aliphatic rings. The van der Waals surface area contributed by atoms with E-state index in [2.05, 4.69) is 66.7 Å². The van der Waals surface area contributed by atoms with Crippen molar-refractivity contribution in [3.05, 3.63) is 65.9 Å². The molecule has 4 aromatic rings. The fourth-order valence-corrected chi connectivity index (χ4v) is 3.20. The second-order valence-corrected chi connectivity index (χ2v) is 5.94. The fourth-order valence-electron chi connectivity index (χ4n) is 3.20. The van der Waals surface area contributed by atoms with Gasteiger partial charge in [0.1, 0.15) is 0 Å². The van der Waals surface area contributed by atoms with Crippen LogP contribution in [0, 0.1) is 6.92 Å². The van der Waals surface area contributed by atoms with Crippen LogP contribution >= 0.6 is 12.4 Å². The number of aryl methyl sites for hydroxylation is 2. The van der Waals surface area contributed by atoms with Crippen molar-refractivity contribution in [2.24, 2.45) is 0 Å². The summed E-state index contributed by atoms with van der Waals surface area (Å²) in [6.07, 6.45) is 0. The molecule has 0 aliphatic heterocycles. The molecule has 0 saturated heterocycles. The molecule has 0 aliphatic carbocycles. The van der Waals surface area contributed by atoms with Crippen molar-refractivity contribution in [1.29, 1.82) is 0 Å². The Balaban J connectivity index is 0.00000182. The summed E-state index contributed by atoms with van der Waals surface area (Å²) in [5, 5.41) is 10.5. The third-order valence-corrected chi connectivity index (χ3v) is 4.36. The molecular weight excluding hydrogens is 332 g/mol. The number of rotatable bonds is 4. The minimum Gasteiger partial charge on any atom is -0.380 e. The van der Waals surface area contributed by atoms with Crippen LogP contribution in [0.1, 0.15) is 18.2 Å². The summed E-state index contributed by atoms with van der Waals surface area (Å²) in [6.45, 7) is 5.74. The Kier molecular flexibility index (Phi) is 4.91. The van der Waals surface area contributed by atoms with Gasteiger partial charge >= 0.3 is 0 Å². The van der Waals surface area contributed by atoms with E-state index >= 15 is 0 Å². The largest absolute Gasteiger partial charge is 0.380 e. The molecule has 0 bridgehead atoms. The van der Waals surface area contributed by atoms with Gasteiger partial charge in [0, 0.05) is 18.5 Å². The van der Waals surface area contributed by atoms with E-state index in [-0.39, 0.29) is 12.4 Å². The Morgan fingerprint density at radius 3 is 2.48 bits per heavy atom. The Morgan fingerprint density at radius 1 is 1.00 bits per heavy atom. The maximum atomic E-state index is 4.85. The smallest absolute Gasteiger partial charge is 0.160 e. The Hall–Kier alpha value is -2.59. The van der Waals surface area contributed by atoms with Crippen LogP contribution in [-0.4, -0.2) is 14.8 Å². The standard InChI is InChI=1S/C20H20N4.ClH/c1-3-24-20-18(14(2)23-24)19(16-11-7-8-12-17(16)22-20)21-13-15-9-5-4-6-10-15;/h4-12H,3,13H2,1-2H3,(H,21,22);1H. The summed E-state index contributed by atoms with van der Waals surface area (Å²) < 4.78 is 1.98. The molecule has 1 N–H and O–H groups in total. The highest BCUT2D eigenvalue weighted by molar-refractivity contribution is 6.07. The van der Waals surface area contributed by atoms with Gasteiger partial charge in [-0.3, -0.25) is 0 Å². The average Bonchev–Trinajstić information content (AvgIpc) is 2.95. The third kappa shape index (κ3) is 3.05. The van der Waals surface area contributed by atoms with Crippen molar-refractivity contribution in [2.45, 2.75) is 26.9 Å². The molecular formula is C20H21ClN4. The number of hydrogen-bond donors (Lipinski definition) is 1. The number of aromatic nitrogens is 3. The third-order valence-electron chi connectivity index (χ3n) is 4.36. The van der Waals surface area contributed by atoms with Crippen LogP contribution in [0.3, 0.4) is 0 Å². The molecule has 0 amide bonds. The number of para-hydroxylation sites is 1. The first-order chi connectivity index (χ1) is 11.8. The van der Waals surface area contributed by atoms with Gasteiger partial charge in [0.15, 0.2) is 5.65 Å². The molecule has 2 aromatic carbocycles. The highest BCUT2D eigenvalue weighted by Crippen LogP contribution is 2.33. The zero-order valence-electron chi connectivity index (χ0n) is 14.4. The molecule has 0 spiro atoms. The number of pyridine rings is 1. The Labute approximate surface area is 153 Å². The van der Waals surface area contributed by atoms with Crippen molar-refractivity contribution in [3.63, 3.8) is 0 Å². The molecule has 0 radical (unpaired) electrons. The lowest BCUT2D eigenvalue weighted by Gasteiger charge is -2.12. The highest BCUT2D eigenvalue weighted by Gasteiger charge is 2.16. The average molecular weight is 353 g/mol. The fraction of sp³-hybridized carbons (Fsp3) is 0.200. The zero-order chi connectivity index (χ0) is 16.5. The van der Waals surface area contributed by atoms with E-state index in [1.807, 2.05) is 16.8 Å². The molecule has 5 heteroatoms. The van der Waals surface area contributed by atoms with E-state index in [0.29, 0.717) is 0 Å². The van der Waals surface area contributed by atoms with Gasteiger partial charge in [-0.25, -0.2) is 9.67 Å². The van der Waals surface area contributed by atoms with E-state index in [1.54, 1.807) is 0 Å². The number of nitrogens with one attached hydrogen (secondary N) is 1. The number of hydrogen-bond acceptors (Lipinski definition) is 3. The molecule has 0 atom stereocenters. The first-order valence-electron chi connectivity index (χ1n) is 8.31. The number of fused-ring (bicyclic) bond motifs is 2. The van der Waals surface area contributed by atoms with E-state index < -0.39 is 0 Å². The molecule has 128 valence electrons. The van der Waals surface area contributed by atoms with Gasteiger partial charge in [0.05, 0.1) is 22.3 Å². The molecule has 2 aromatic heterocycles. The second-order valence-electron chi connectivity index (χ2n) is 5.94. The maximum absolute atomic E-state index is 4.85. The molecule has 25 heavy (non-hydrogen) atoms. The van der Waals surface area contributed by atoms with Gasteiger partial charge in [0.2, 0.25) is 0 Å². The van der Waals surface area contributed by atoms with Crippen LogP contribution < -0.4 is 5.32 Å². The summed E-state index contributed by atoms with van der Waals surface area (Å²) in [4.78, 5) is 4.85. The van der Waals surface area contributed by atoms with Gasteiger partial charge in [-0.2, -0.15) is 5.10 Å². The molecule has 2 heterocycles. The van der Waals surface area contributed by atoms with Crippen LogP contribution in [0.4, 0.5) is 5.69 Å². The highest BCUT2D eigenvalue weighted by atomic mass is 35.5. The van der Waals surface area contributed by atoms with Crippen LogP contribution in [0.25, 0.3) is 21.9 Å². The predicted molar refractivity (Wildman–Crippen MR) is 106 cm³/mol. The van der Waals surface area contributed by atoms with Crippen molar-refractivity contribution in [1.82, 2.24) is 14.8 Å². The molecule has 0 fully saturated rings. The predicted octanol–water partition coefficient (Wildman–Crippen LogP) is 4.95. The van der Waals surface area contributed by atoms with E-state index in [0.717, 1.165) is 46.4 Å². The van der Waals surface area contributed by atoms with Crippen molar-refractivity contribution >= 4 is 40.0 Å². The number of anilines is 1. The van der Waals surface area contributed by atoms with Crippen LogP contribution in [0.2, 0.25) is 0 Å². The lowest BCUT2D eigenvalue weighted by atomic mass is 10.1. The number of benzene rings is 2. The van der Waals surface area contributed by atoms with E-state index in [4.69, 9.17) is 4.98 Å². The summed E-state index contributed by atoms with van der Waals surface area (Å²) in [7, 11) is 0. The second kappa shape index (κ2) is 7.11. The number of halogens is 1. The van der Waals surface area contributed by atoms with Crippen LogP contribution in [0.5, 0.6) is 0 Å². The Morgan fingerprint density at radius 2 is 1.72 bits per heavy atom. The normalized spacial score (nSPS) is 10.8. The van der Waals surface area contributed by atoms with Crippen LogP contribution in [0.15, 0.2) is 54.6 Å². The summed E-state index contributed by atoms with van der Waals surface area (Å²) >= 11 is 0. The zero-order valence-corrected chi connectivity index (χ0v) is 15.2. The SMILES string of the molecule is CCn1nc(C)c2c(NCc3ccccc3)c3ccccc3nc21.Cl. The van der Waals surface area contributed by atoms with Crippen molar-refractivity contribution in [2.75, 3.05) is 5.32 Å². The first-order valence-corrected chi connectivity index (χ1v) is 8.31. The Bertz CT molecular complexity index is 1010. The minimum absolute atomic E-state index is 0. The van der Waals surface area contributed by atoms with Gasteiger partial charge < -0.3 is 5.32 Å². The summed E-state index contributed by atoms with van der Waals surface area (Å²) in [6, 6.07) is 18.7. The molecule has 4 rings (SSSR count). The van der Waals surface area contributed by atoms with Crippen molar-refractivity contribution in [3.8, 4) is 0 Å². The topological polar surface area (TPSA) is 42.7 Å². The van der Waals surface area contributed by atoms with Gasteiger partial charge in [-0.05, 0) is 25.5 Å². The molecule has 0 saturated carbocycles. The van der Waals surface area contributed by atoms with E-state index in [9.17, 15) is 0 Å². The summed E-state index contributed by atoms with van der Waals surface area (Å²) in [5.74, 6) is 0. The summed E-state index contributed by atoms with van der Waals surface area (Å²) in [5.41, 5.74) is 5.34. The lowest BCUT2D eigenvalue weighted by molar-refractivity contribution is 0.670. The van der Waals surface area contributed by atoms with Gasteiger partial charge in [-0.1, -0.05) is 48.5 Å². The molecule has 0 unspecified atom stereocenters. The number of nitrogens with zero attached hydrogens (tertiary/aromatic N) is 3. The minimum atomic E-state index is 0.